The minimum atomic E-state index is -0.516. The molecule has 1 aromatic heterocycles. The van der Waals surface area contributed by atoms with Crippen molar-refractivity contribution in [2.75, 3.05) is 0 Å². The van der Waals surface area contributed by atoms with Gasteiger partial charge in [-0.1, -0.05) is 29.3 Å². The summed E-state index contributed by atoms with van der Waals surface area (Å²) in [5.41, 5.74) is 1.50. The topological polar surface area (TPSA) is 38.1 Å². The number of hydrogen-bond donors (Lipinski definition) is 1. The molecule has 0 saturated heterocycles. The highest BCUT2D eigenvalue weighted by atomic mass is 35.5. The molecule has 0 spiro atoms. The van der Waals surface area contributed by atoms with Crippen LogP contribution in [0.1, 0.15) is 0 Å². The minimum absolute atomic E-state index is 0.181. The summed E-state index contributed by atoms with van der Waals surface area (Å²) in [7, 11) is 0. The summed E-state index contributed by atoms with van der Waals surface area (Å²) in [5.74, 6) is -0.696. The van der Waals surface area contributed by atoms with Gasteiger partial charge in [0.05, 0.1) is 21.9 Å². The van der Waals surface area contributed by atoms with E-state index in [9.17, 15) is 9.50 Å². The van der Waals surface area contributed by atoms with Crippen molar-refractivity contribution in [1.29, 1.82) is 0 Å². The summed E-state index contributed by atoms with van der Waals surface area (Å²) in [4.78, 5) is 0. The number of aromatic nitrogens is 2. The molecule has 21 heavy (non-hydrogen) atoms. The van der Waals surface area contributed by atoms with Crippen LogP contribution in [0.3, 0.4) is 0 Å². The van der Waals surface area contributed by atoms with Crippen molar-refractivity contribution in [2.45, 2.75) is 0 Å². The van der Waals surface area contributed by atoms with E-state index in [-0.39, 0.29) is 5.75 Å². The van der Waals surface area contributed by atoms with E-state index < -0.39 is 5.82 Å². The fourth-order valence-corrected chi connectivity index (χ4v) is 2.66. The van der Waals surface area contributed by atoms with Crippen LogP contribution in [0.25, 0.3) is 16.9 Å². The molecular formula is C15H9Cl2FN2O. The zero-order valence-electron chi connectivity index (χ0n) is 10.6. The van der Waals surface area contributed by atoms with Gasteiger partial charge in [0.1, 0.15) is 17.3 Å². The molecule has 3 nitrogen and oxygen atoms in total. The van der Waals surface area contributed by atoms with Crippen molar-refractivity contribution >= 4 is 23.2 Å². The molecule has 3 aromatic rings. The first-order valence-electron chi connectivity index (χ1n) is 6.05. The predicted molar refractivity (Wildman–Crippen MR) is 80.6 cm³/mol. The van der Waals surface area contributed by atoms with Crippen LogP contribution in [0.2, 0.25) is 10.0 Å². The van der Waals surface area contributed by atoms with E-state index in [4.69, 9.17) is 23.2 Å². The molecule has 1 heterocycles. The highest BCUT2D eigenvalue weighted by Gasteiger charge is 2.16. The molecule has 0 bridgehead atoms. The number of hydrogen-bond acceptors (Lipinski definition) is 2. The summed E-state index contributed by atoms with van der Waals surface area (Å²) >= 11 is 12.4. The van der Waals surface area contributed by atoms with Gasteiger partial charge in [0, 0.05) is 11.6 Å². The summed E-state index contributed by atoms with van der Waals surface area (Å²) < 4.78 is 14.6. The van der Waals surface area contributed by atoms with Crippen molar-refractivity contribution in [2.24, 2.45) is 0 Å². The number of para-hydroxylation sites is 1. The van der Waals surface area contributed by atoms with Crippen molar-refractivity contribution in [3.8, 4) is 22.7 Å². The maximum absolute atomic E-state index is 13.1. The summed E-state index contributed by atoms with van der Waals surface area (Å²) in [6.07, 6.45) is 1.55. The number of phenols is 1. The second-order valence-electron chi connectivity index (χ2n) is 4.36. The van der Waals surface area contributed by atoms with Gasteiger partial charge in [-0.2, -0.15) is 5.10 Å². The quantitative estimate of drug-likeness (QED) is 0.743. The Morgan fingerprint density at radius 3 is 2.43 bits per heavy atom. The van der Waals surface area contributed by atoms with Gasteiger partial charge in [0.25, 0.3) is 0 Å². The molecule has 3 rings (SSSR count). The highest BCUT2D eigenvalue weighted by molar-refractivity contribution is 6.37. The lowest BCUT2D eigenvalue weighted by atomic mass is 10.1. The molecule has 0 aliphatic carbocycles. The molecule has 0 aliphatic heterocycles. The van der Waals surface area contributed by atoms with Crippen LogP contribution in [0.5, 0.6) is 5.75 Å². The van der Waals surface area contributed by atoms with E-state index in [1.54, 1.807) is 30.5 Å². The molecular weight excluding hydrogens is 314 g/mol. The molecule has 106 valence electrons. The van der Waals surface area contributed by atoms with Gasteiger partial charge in [-0.25, -0.2) is 9.07 Å². The fraction of sp³-hybridized carbons (Fsp3) is 0. The maximum atomic E-state index is 13.1. The monoisotopic (exact) mass is 322 g/mol. The Bertz CT molecular complexity index is 797. The van der Waals surface area contributed by atoms with Crippen molar-refractivity contribution in [3.05, 3.63) is 64.5 Å². The summed E-state index contributed by atoms with van der Waals surface area (Å²) in [6, 6.07) is 10.6. The first-order chi connectivity index (χ1) is 10.1. The minimum Gasteiger partial charge on any atom is -0.507 e. The maximum Gasteiger partial charge on any atom is 0.127 e. The third-order valence-corrected chi connectivity index (χ3v) is 3.64. The molecule has 0 amide bonds. The molecule has 0 saturated carbocycles. The van der Waals surface area contributed by atoms with Crippen LogP contribution in [-0.2, 0) is 0 Å². The van der Waals surface area contributed by atoms with E-state index in [0.29, 0.717) is 27.0 Å². The van der Waals surface area contributed by atoms with Crippen LogP contribution < -0.4 is 0 Å². The van der Waals surface area contributed by atoms with Gasteiger partial charge < -0.3 is 5.11 Å². The zero-order chi connectivity index (χ0) is 15.0. The van der Waals surface area contributed by atoms with E-state index in [0.717, 1.165) is 6.07 Å². The van der Waals surface area contributed by atoms with Gasteiger partial charge >= 0.3 is 0 Å². The Morgan fingerprint density at radius 2 is 1.76 bits per heavy atom. The zero-order valence-corrected chi connectivity index (χ0v) is 12.1. The van der Waals surface area contributed by atoms with Gasteiger partial charge in [0.15, 0.2) is 0 Å². The lowest BCUT2D eigenvalue weighted by Crippen LogP contribution is -2.01. The van der Waals surface area contributed by atoms with Gasteiger partial charge in [-0.05, 0) is 30.3 Å². The van der Waals surface area contributed by atoms with Gasteiger partial charge in [0.2, 0.25) is 0 Å². The fourth-order valence-electron chi connectivity index (χ4n) is 2.10. The first-order valence-corrected chi connectivity index (χ1v) is 6.81. The van der Waals surface area contributed by atoms with Gasteiger partial charge in [-0.15, -0.1) is 0 Å². The van der Waals surface area contributed by atoms with E-state index >= 15 is 0 Å². The van der Waals surface area contributed by atoms with Crippen molar-refractivity contribution in [3.63, 3.8) is 0 Å². The Morgan fingerprint density at radius 1 is 1.05 bits per heavy atom. The number of benzene rings is 2. The Labute approximate surface area is 130 Å². The number of phenolic OH excluding ortho intramolecular Hbond substituents is 1. The molecule has 1 N–H and O–H groups in total. The SMILES string of the molecule is Oc1cc(F)ccc1-c1ccnn1-c1c(Cl)cccc1Cl. The smallest absolute Gasteiger partial charge is 0.127 e. The Hall–Kier alpha value is -2.04. The normalized spacial score (nSPS) is 10.8. The second kappa shape index (κ2) is 5.39. The van der Waals surface area contributed by atoms with Crippen molar-refractivity contribution in [1.82, 2.24) is 9.78 Å². The Balaban J connectivity index is 2.22. The standard InChI is InChI=1S/C15H9Cl2FN2O/c16-11-2-1-3-12(17)15(11)20-13(6-7-19-20)10-5-4-9(18)8-14(10)21/h1-8,21H. The molecule has 0 atom stereocenters. The lowest BCUT2D eigenvalue weighted by Gasteiger charge is -2.12. The van der Waals surface area contributed by atoms with Gasteiger partial charge in [-0.3, -0.25) is 0 Å². The third kappa shape index (κ3) is 2.48. The van der Waals surface area contributed by atoms with E-state index in [1.165, 1.54) is 16.8 Å². The third-order valence-electron chi connectivity index (χ3n) is 3.03. The van der Waals surface area contributed by atoms with E-state index in [2.05, 4.69) is 5.10 Å². The number of nitrogens with zero attached hydrogens (tertiary/aromatic N) is 2. The molecule has 6 heteroatoms. The largest absolute Gasteiger partial charge is 0.507 e. The number of rotatable bonds is 2. The first kappa shape index (κ1) is 13.9. The van der Waals surface area contributed by atoms with Crippen LogP contribution >= 0.6 is 23.2 Å². The van der Waals surface area contributed by atoms with Crippen LogP contribution in [-0.4, -0.2) is 14.9 Å². The van der Waals surface area contributed by atoms with E-state index in [1.807, 2.05) is 0 Å². The second-order valence-corrected chi connectivity index (χ2v) is 5.17. The highest BCUT2D eigenvalue weighted by Crippen LogP contribution is 2.35. The van der Waals surface area contributed by atoms with Crippen LogP contribution in [0, 0.1) is 5.82 Å². The molecule has 2 aromatic carbocycles. The predicted octanol–water partition coefficient (Wildman–Crippen LogP) is 4.69. The van der Waals surface area contributed by atoms with Crippen LogP contribution in [0.4, 0.5) is 4.39 Å². The average Bonchev–Trinajstić information content (AvgIpc) is 2.87. The number of aromatic hydroxyl groups is 1. The summed E-state index contributed by atoms with van der Waals surface area (Å²) in [6.45, 7) is 0. The lowest BCUT2D eigenvalue weighted by molar-refractivity contribution is 0.470. The molecule has 0 aliphatic rings. The average molecular weight is 323 g/mol. The number of halogens is 3. The Kier molecular flexibility index (Phi) is 3.57. The summed E-state index contributed by atoms with van der Waals surface area (Å²) in [5, 5.41) is 15.0. The van der Waals surface area contributed by atoms with Crippen LogP contribution in [0.15, 0.2) is 48.7 Å². The molecule has 0 radical (unpaired) electrons. The van der Waals surface area contributed by atoms with Crippen molar-refractivity contribution < 1.29 is 9.50 Å². The molecule has 0 unspecified atom stereocenters. The molecule has 0 fully saturated rings.